The Labute approximate surface area is 128 Å². The zero-order chi connectivity index (χ0) is 15.5. The molecule has 0 amide bonds. The second kappa shape index (κ2) is 6.91. The molecule has 1 saturated carbocycles. The van der Waals surface area contributed by atoms with Crippen LogP contribution in [0.4, 0.5) is 0 Å². The molecule has 0 aromatic rings. The Morgan fingerprint density at radius 1 is 1.14 bits per heavy atom. The lowest BCUT2D eigenvalue weighted by Gasteiger charge is -2.31. The number of likely N-dealkylation sites (tertiary alicyclic amines) is 1. The van der Waals surface area contributed by atoms with E-state index >= 15 is 0 Å². The minimum atomic E-state index is -1.03. The maximum absolute atomic E-state index is 12.6. The molecule has 1 atom stereocenters. The third-order valence-corrected chi connectivity index (χ3v) is 5.19. The first kappa shape index (κ1) is 16.5. The van der Waals surface area contributed by atoms with E-state index in [4.69, 9.17) is 4.74 Å². The van der Waals surface area contributed by atoms with Crippen LogP contribution in [0.25, 0.3) is 0 Å². The van der Waals surface area contributed by atoms with Crippen molar-refractivity contribution in [1.82, 2.24) is 4.90 Å². The fraction of sp³-hybridized carbons (Fsp3) is 0.882. The summed E-state index contributed by atoms with van der Waals surface area (Å²) in [5.41, 5.74) is -1.03. The molecule has 1 saturated heterocycles. The summed E-state index contributed by atoms with van der Waals surface area (Å²) in [5, 5.41) is 0. The van der Waals surface area contributed by atoms with Gasteiger partial charge in [0.05, 0.1) is 13.2 Å². The summed E-state index contributed by atoms with van der Waals surface area (Å²) in [6.45, 7) is 6.86. The summed E-state index contributed by atoms with van der Waals surface area (Å²) in [4.78, 5) is 26.8. The van der Waals surface area contributed by atoms with Crippen LogP contribution in [-0.4, -0.2) is 42.4 Å². The van der Waals surface area contributed by atoms with Gasteiger partial charge in [-0.05, 0) is 58.9 Å². The number of hydrogen-bond donors (Lipinski definition) is 0. The van der Waals surface area contributed by atoms with Crippen LogP contribution < -0.4 is 0 Å². The van der Waals surface area contributed by atoms with Gasteiger partial charge in [0, 0.05) is 6.04 Å². The van der Waals surface area contributed by atoms with E-state index in [-0.39, 0.29) is 5.78 Å². The Bertz CT molecular complexity index is 385. The maximum Gasteiger partial charge on any atom is 0.319 e. The molecule has 120 valence electrons. The van der Waals surface area contributed by atoms with Crippen LogP contribution in [-0.2, 0) is 14.3 Å². The first-order valence-corrected chi connectivity index (χ1v) is 8.41. The first-order valence-electron chi connectivity index (χ1n) is 8.41. The summed E-state index contributed by atoms with van der Waals surface area (Å²) in [6, 6.07) is 0.550. The normalized spacial score (nSPS) is 24.4. The average molecular weight is 295 g/mol. The zero-order valence-corrected chi connectivity index (χ0v) is 13.7. The van der Waals surface area contributed by atoms with Gasteiger partial charge in [-0.15, -0.1) is 0 Å². The van der Waals surface area contributed by atoms with E-state index in [1.54, 1.807) is 20.8 Å². The number of ether oxygens (including phenoxy) is 1. The molecule has 4 heteroatoms. The number of carbonyl (C=O) groups excluding carboxylic acids is 2. The lowest BCUT2D eigenvalue weighted by atomic mass is 9.87. The van der Waals surface area contributed by atoms with Gasteiger partial charge in [-0.1, -0.05) is 12.8 Å². The Morgan fingerprint density at radius 2 is 1.81 bits per heavy atom. The maximum atomic E-state index is 12.6. The van der Waals surface area contributed by atoms with Crippen molar-refractivity contribution in [3.8, 4) is 0 Å². The number of Topliss-reactive ketones (excluding diaryl/α,β-unsaturated/α-hetero) is 1. The predicted octanol–water partition coefficient (Wildman–Crippen LogP) is 2.80. The van der Waals surface area contributed by atoms with E-state index in [1.807, 2.05) is 0 Å². The Kier molecular flexibility index (Phi) is 5.42. The highest BCUT2D eigenvalue weighted by Crippen LogP contribution is 2.35. The largest absolute Gasteiger partial charge is 0.465 e. The number of hydrogen-bond acceptors (Lipinski definition) is 4. The third-order valence-electron chi connectivity index (χ3n) is 5.19. The topological polar surface area (TPSA) is 46.6 Å². The van der Waals surface area contributed by atoms with E-state index in [9.17, 15) is 9.59 Å². The molecule has 2 rings (SSSR count). The number of rotatable bonds is 6. The van der Waals surface area contributed by atoms with Crippen LogP contribution in [0.2, 0.25) is 0 Å². The van der Waals surface area contributed by atoms with Gasteiger partial charge in [-0.25, -0.2) is 0 Å². The predicted molar refractivity (Wildman–Crippen MR) is 82.0 cm³/mol. The molecular weight excluding hydrogens is 266 g/mol. The molecule has 2 aliphatic rings. The smallest absolute Gasteiger partial charge is 0.319 e. The lowest BCUT2D eigenvalue weighted by molar-refractivity contribution is -0.158. The van der Waals surface area contributed by atoms with Gasteiger partial charge in [-0.2, -0.15) is 0 Å². The molecule has 1 unspecified atom stereocenters. The minimum Gasteiger partial charge on any atom is -0.465 e. The molecular formula is C17H29NO3. The van der Waals surface area contributed by atoms with E-state index < -0.39 is 11.4 Å². The van der Waals surface area contributed by atoms with Crippen LogP contribution in [0.5, 0.6) is 0 Å². The number of esters is 1. The standard InChI is InChI=1S/C17H29NO3/c1-4-21-16(20)17(2,3)15(19)12-18-11-7-10-14(18)13-8-5-6-9-13/h13-14H,4-12H2,1-3H3. The number of carbonyl (C=O) groups is 2. The van der Waals surface area contributed by atoms with Gasteiger partial charge in [0.1, 0.15) is 5.41 Å². The fourth-order valence-electron chi connectivity index (χ4n) is 3.73. The highest BCUT2D eigenvalue weighted by Gasteiger charge is 2.41. The summed E-state index contributed by atoms with van der Waals surface area (Å²) in [7, 11) is 0. The van der Waals surface area contributed by atoms with Crippen molar-refractivity contribution in [2.75, 3.05) is 19.7 Å². The molecule has 0 radical (unpaired) electrons. The highest BCUT2D eigenvalue weighted by atomic mass is 16.5. The van der Waals surface area contributed by atoms with Gasteiger partial charge in [0.15, 0.2) is 5.78 Å². The van der Waals surface area contributed by atoms with E-state index in [0.29, 0.717) is 19.2 Å². The molecule has 0 bridgehead atoms. The van der Waals surface area contributed by atoms with Crippen molar-refractivity contribution in [2.45, 2.75) is 65.3 Å². The van der Waals surface area contributed by atoms with Crippen LogP contribution >= 0.6 is 0 Å². The molecule has 1 heterocycles. The summed E-state index contributed by atoms with van der Waals surface area (Å²) < 4.78 is 5.04. The molecule has 4 nitrogen and oxygen atoms in total. The quantitative estimate of drug-likeness (QED) is 0.558. The molecule has 2 fully saturated rings. The Hall–Kier alpha value is -0.900. The molecule has 0 aromatic carbocycles. The van der Waals surface area contributed by atoms with Crippen molar-refractivity contribution in [3.63, 3.8) is 0 Å². The summed E-state index contributed by atoms with van der Waals surface area (Å²) in [5.74, 6) is 0.350. The molecule has 0 aromatic heterocycles. The monoisotopic (exact) mass is 295 g/mol. The molecule has 21 heavy (non-hydrogen) atoms. The molecule has 0 spiro atoms. The zero-order valence-electron chi connectivity index (χ0n) is 13.7. The second-order valence-corrected chi connectivity index (χ2v) is 6.99. The van der Waals surface area contributed by atoms with Gasteiger partial charge in [-0.3, -0.25) is 14.5 Å². The van der Waals surface area contributed by atoms with E-state index in [0.717, 1.165) is 12.5 Å². The van der Waals surface area contributed by atoms with Gasteiger partial charge >= 0.3 is 5.97 Å². The van der Waals surface area contributed by atoms with Crippen LogP contribution in [0, 0.1) is 11.3 Å². The Morgan fingerprint density at radius 3 is 2.43 bits per heavy atom. The van der Waals surface area contributed by atoms with Gasteiger partial charge in [0.25, 0.3) is 0 Å². The van der Waals surface area contributed by atoms with Crippen molar-refractivity contribution in [1.29, 1.82) is 0 Å². The summed E-state index contributed by atoms with van der Waals surface area (Å²) >= 11 is 0. The molecule has 1 aliphatic carbocycles. The third kappa shape index (κ3) is 3.65. The number of nitrogens with zero attached hydrogens (tertiary/aromatic N) is 1. The highest BCUT2D eigenvalue weighted by molar-refractivity contribution is 6.03. The van der Waals surface area contributed by atoms with Crippen LogP contribution in [0.15, 0.2) is 0 Å². The lowest BCUT2D eigenvalue weighted by Crippen LogP contribution is -2.45. The second-order valence-electron chi connectivity index (χ2n) is 6.99. The first-order chi connectivity index (χ1) is 9.96. The van der Waals surface area contributed by atoms with Crippen LogP contribution in [0.3, 0.4) is 0 Å². The molecule has 0 N–H and O–H groups in total. The molecule has 1 aliphatic heterocycles. The fourth-order valence-corrected chi connectivity index (χ4v) is 3.73. The van der Waals surface area contributed by atoms with Crippen molar-refractivity contribution >= 4 is 11.8 Å². The average Bonchev–Trinajstić information content (AvgIpc) is 3.08. The summed E-state index contributed by atoms with van der Waals surface area (Å²) in [6.07, 6.45) is 7.65. The SMILES string of the molecule is CCOC(=O)C(C)(C)C(=O)CN1CCCC1C1CCCC1. The van der Waals surface area contributed by atoms with Gasteiger partial charge in [0.2, 0.25) is 0 Å². The van der Waals surface area contributed by atoms with Crippen LogP contribution in [0.1, 0.15) is 59.3 Å². The van der Waals surface area contributed by atoms with Crippen molar-refractivity contribution < 1.29 is 14.3 Å². The van der Waals surface area contributed by atoms with Crippen molar-refractivity contribution in [2.24, 2.45) is 11.3 Å². The van der Waals surface area contributed by atoms with E-state index in [2.05, 4.69) is 4.90 Å². The Balaban J connectivity index is 1.96. The van der Waals surface area contributed by atoms with E-state index in [1.165, 1.54) is 38.5 Å². The van der Waals surface area contributed by atoms with Gasteiger partial charge < -0.3 is 4.74 Å². The minimum absolute atomic E-state index is 0.00848. The number of ketones is 1. The van der Waals surface area contributed by atoms with Crippen molar-refractivity contribution in [3.05, 3.63) is 0 Å².